The number of likely N-dealkylation sites (tertiary alicyclic amines) is 1. The summed E-state index contributed by atoms with van der Waals surface area (Å²) < 4.78 is 11.6. The first-order valence-electron chi connectivity index (χ1n) is 13.0. The summed E-state index contributed by atoms with van der Waals surface area (Å²) in [5.41, 5.74) is 8.58. The predicted molar refractivity (Wildman–Crippen MR) is 151 cm³/mol. The molecule has 0 saturated carbocycles. The highest BCUT2D eigenvalue weighted by molar-refractivity contribution is 7.10. The van der Waals surface area contributed by atoms with E-state index in [0.29, 0.717) is 24.3 Å². The third-order valence-corrected chi connectivity index (χ3v) is 8.00. The molecule has 3 aromatic rings. The molecule has 5 rings (SSSR count). The van der Waals surface area contributed by atoms with Gasteiger partial charge in [-0.25, -0.2) is 0 Å². The maximum Gasteiger partial charge on any atom is 0.251 e. The molecule has 208 valence electrons. The Kier molecular flexibility index (Phi) is 7.97. The minimum atomic E-state index is -1.04. The van der Waals surface area contributed by atoms with Crippen LogP contribution in [0.15, 0.2) is 66.0 Å². The van der Waals surface area contributed by atoms with E-state index in [0.717, 1.165) is 16.0 Å². The Hall–Kier alpha value is -4.06. The number of carbonyl (C=O) groups is 3. The van der Waals surface area contributed by atoms with Crippen molar-refractivity contribution in [1.29, 1.82) is 5.41 Å². The molecular formula is C29H31N5O5S. The number of hydrogen-bond acceptors (Lipinski definition) is 7. The fourth-order valence-electron chi connectivity index (χ4n) is 4.95. The van der Waals surface area contributed by atoms with Gasteiger partial charge in [0.1, 0.15) is 17.9 Å². The van der Waals surface area contributed by atoms with Gasteiger partial charge in [-0.2, -0.15) is 0 Å². The highest BCUT2D eigenvalue weighted by Gasteiger charge is 2.53. The first-order chi connectivity index (χ1) is 19.2. The molecule has 1 aromatic heterocycles. The van der Waals surface area contributed by atoms with Crippen LogP contribution in [0, 0.1) is 5.41 Å². The largest absolute Gasteiger partial charge is 0.384 e. The summed E-state index contributed by atoms with van der Waals surface area (Å²) >= 11 is 1.38. The fourth-order valence-corrected chi connectivity index (χ4v) is 5.78. The van der Waals surface area contributed by atoms with Gasteiger partial charge in [0.15, 0.2) is 5.79 Å². The molecule has 0 radical (unpaired) electrons. The van der Waals surface area contributed by atoms with Gasteiger partial charge in [0, 0.05) is 27.8 Å². The van der Waals surface area contributed by atoms with Crippen molar-refractivity contribution in [3.05, 3.63) is 82.0 Å². The molecule has 2 saturated heterocycles. The number of nitrogen functional groups attached to an aromatic ring is 1. The molecule has 1 unspecified atom stereocenters. The number of ether oxygens (including phenoxy) is 2. The van der Waals surface area contributed by atoms with Gasteiger partial charge < -0.3 is 30.7 Å². The molecule has 2 aromatic carbocycles. The van der Waals surface area contributed by atoms with Crippen LogP contribution >= 0.6 is 11.3 Å². The zero-order chi connectivity index (χ0) is 28.3. The number of rotatable bonds is 8. The van der Waals surface area contributed by atoms with Crippen LogP contribution in [0.1, 0.15) is 34.1 Å². The maximum absolute atomic E-state index is 13.5. The van der Waals surface area contributed by atoms with Crippen LogP contribution in [-0.2, 0) is 25.6 Å². The summed E-state index contributed by atoms with van der Waals surface area (Å²) in [5, 5.41) is 14.9. The van der Waals surface area contributed by atoms with Crippen molar-refractivity contribution >= 4 is 34.9 Å². The van der Waals surface area contributed by atoms with Gasteiger partial charge in [0.2, 0.25) is 11.8 Å². The van der Waals surface area contributed by atoms with E-state index < -0.39 is 23.8 Å². The second kappa shape index (κ2) is 11.6. The Balaban J connectivity index is 1.24. The van der Waals surface area contributed by atoms with Crippen LogP contribution in [0.2, 0.25) is 0 Å². The molecule has 11 heteroatoms. The molecule has 2 aliphatic rings. The van der Waals surface area contributed by atoms with Crippen molar-refractivity contribution in [3.63, 3.8) is 0 Å². The first-order valence-corrected chi connectivity index (χ1v) is 13.9. The van der Waals surface area contributed by atoms with Crippen molar-refractivity contribution in [2.45, 2.75) is 37.8 Å². The molecule has 10 nitrogen and oxygen atoms in total. The number of thiophene rings is 1. The molecule has 40 heavy (non-hydrogen) atoms. The minimum Gasteiger partial charge on any atom is -0.384 e. The maximum atomic E-state index is 13.5. The summed E-state index contributed by atoms with van der Waals surface area (Å²) in [6.45, 7) is 2.68. The lowest BCUT2D eigenvalue weighted by molar-refractivity contribution is -0.153. The van der Waals surface area contributed by atoms with Gasteiger partial charge in [-0.1, -0.05) is 42.5 Å². The topological polar surface area (TPSA) is 147 Å². The van der Waals surface area contributed by atoms with E-state index in [-0.39, 0.29) is 37.2 Å². The van der Waals surface area contributed by atoms with Gasteiger partial charge >= 0.3 is 0 Å². The summed E-state index contributed by atoms with van der Waals surface area (Å²) in [6.07, 6.45) is 0.190. The number of amides is 3. The quantitative estimate of drug-likeness (QED) is 0.245. The minimum absolute atomic E-state index is 0.0398. The van der Waals surface area contributed by atoms with Crippen LogP contribution in [0.3, 0.4) is 0 Å². The Labute approximate surface area is 236 Å². The zero-order valence-electron chi connectivity index (χ0n) is 22.0. The number of carbonyl (C=O) groups excluding carboxylic acids is 3. The van der Waals surface area contributed by atoms with Crippen LogP contribution in [0.25, 0.3) is 11.1 Å². The molecule has 5 N–H and O–H groups in total. The third-order valence-electron chi connectivity index (χ3n) is 7.06. The van der Waals surface area contributed by atoms with Crippen molar-refractivity contribution in [2.75, 3.05) is 19.8 Å². The van der Waals surface area contributed by atoms with Gasteiger partial charge in [-0.3, -0.25) is 19.8 Å². The first kappa shape index (κ1) is 27.5. The highest BCUT2D eigenvalue weighted by Crippen LogP contribution is 2.35. The third kappa shape index (κ3) is 5.91. The molecule has 3 amide bonds. The van der Waals surface area contributed by atoms with Gasteiger partial charge in [0.25, 0.3) is 5.91 Å². The Morgan fingerprint density at radius 1 is 1.07 bits per heavy atom. The molecule has 1 spiro atoms. The number of benzene rings is 2. The van der Waals surface area contributed by atoms with Crippen molar-refractivity contribution in [2.24, 2.45) is 5.73 Å². The van der Waals surface area contributed by atoms with E-state index in [1.807, 2.05) is 42.5 Å². The zero-order valence-corrected chi connectivity index (χ0v) is 22.8. The lowest BCUT2D eigenvalue weighted by Gasteiger charge is -2.27. The van der Waals surface area contributed by atoms with Crippen LogP contribution in [0.4, 0.5) is 0 Å². The average Bonchev–Trinajstić information content (AvgIpc) is 3.72. The standard InChI is InChI=1S/C29H31N5O5S/c1-18(33-26(35)21-9-7-20(8-10-21)19-5-3-2-4-6-19)28(37)34-17-29(38-11-12-39-29)14-24(34)27(36)32-15-23-13-22(16-40-23)25(30)31/h2-10,13,16,18,24H,11-12,14-15,17H2,1H3,(H3,30,31)(H,32,36)(H,33,35)/t18?,24-/m0/s1. The van der Waals surface area contributed by atoms with E-state index in [1.54, 1.807) is 30.5 Å². The SMILES string of the molecule is CC(NC(=O)c1ccc(-c2ccccc2)cc1)C(=O)N1CC2(C[C@H]1C(=O)NCc1cc(C(=N)N)cs1)OCCO2. The molecule has 3 heterocycles. The van der Waals surface area contributed by atoms with Gasteiger partial charge in [0.05, 0.1) is 26.3 Å². The Bertz CT molecular complexity index is 1400. The van der Waals surface area contributed by atoms with Crippen molar-refractivity contribution in [3.8, 4) is 11.1 Å². The number of nitrogens with two attached hydrogens (primary N) is 1. The second-order valence-corrected chi connectivity index (χ2v) is 10.9. The van der Waals surface area contributed by atoms with E-state index in [9.17, 15) is 14.4 Å². The fraction of sp³-hybridized carbons (Fsp3) is 0.310. The lowest BCUT2D eigenvalue weighted by Crippen LogP contribution is -2.52. The average molecular weight is 562 g/mol. The highest BCUT2D eigenvalue weighted by atomic mass is 32.1. The lowest BCUT2D eigenvalue weighted by atomic mass is 10.0. The molecular weight excluding hydrogens is 530 g/mol. The van der Waals surface area contributed by atoms with Crippen LogP contribution in [0.5, 0.6) is 0 Å². The van der Waals surface area contributed by atoms with Gasteiger partial charge in [-0.05, 0) is 36.2 Å². The molecule has 2 aliphatic heterocycles. The smallest absolute Gasteiger partial charge is 0.251 e. The van der Waals surface area contributed by atoms with E-state index in [1.165, 1.54) is 16.2 Å². The van der Waals surface area contributed by atoms with Crippen molar-refractivity contribution < 1.29 is 23.9 Å². The van der Waals surface area contributed by atoms with E-state index in [4.69, 9.17) is 20.6 Å². The molecule has 0 bridgehead atoms. The Morgan fingerprint density at radius 2 is 1.75 bits per heavy atom. The summed E-state index contributed by atoms with van der Waals surface area (Å²) in [5.74, 6) is -2.22. The van der Waals surface area contributed by atoms with Gasteiger partial charge in [-0.15, -0.1) is 11.3 Å². The normalized spacial score (nSPS) is 18.4. The number of amidine groups is 1. The predicted octanol–water partition coefficient (Wildman–Crippen LogP) is 2.48. The molecule has 0 aliphatic carbocycles. The number of hydrogen-bond donors (Lipinski definition) is 4. The van der Waals surface area contributed by atoms with Crippen LogP contribution in [-0.4, -0.2) is 66.1 Å². The van der Waals surface area contributed by atoms with Crippen LogP contribution < -0.4 is 16.4 Å². The Morgan fingerprint density at radius 3 is 2.40 bits per heavy atom. The summed E-state index contributed by atoms with van der Waals surface area (Å²) in [6, 6.07) is 17.0. The summed E-state index contributed by atoms with van der Waals surface area (Å²) in [7, 11) is 0. The number of nitrogens with one attached hydrogen (secondary N) is 3. The number of nitrogens with zero attached hydrogens (tertiary/aromatic N) is 1. The molecule has 2 fully saturated rings. The van der Waals surface area contributed by atoms with E-state index >= 15 is 0 Å². The monoisotopic (exact) mass is 561 g/mol. The molecule has 2 atom stereocenters. The van der Waals surface area contributed by atoms with Crippen molar-refractivity contribution in [1.82, 2.24) is 15.5 Å². The van der Waals surface area contributed by atoms with E-state index in [2.05, 4.69) is 10.6 Å². The summed E-state index contributed by atoms with van der Waals surface area (Å²) in [4.78, 5) is 42.0. The second-order valence-electron chi connectivity index (χ2n) is 9.87.